The van der Waals surface area contributed by atoms with Gasteiger partial charge in [0.1, 0.15) is 12.4 Å². The van der Waals surface area contributed by atoms with Crippen LogP contribution in [0.3, 0.4) is 0 Å². The highest BCUT2D eigenvalue weighted by atomic mass is 32.1. The molecule has 158 valence electrons. The van der Waals surface area contributed by atoms with E-state index in [1.807, 2.05) is 60.4 Å². The maximum atomic E-state index is 12.9. The summed E-state index contributed by atoms with van der Waals surface area (Å²) in [4.78, 5) is 16.7. The highest BCUT2D eigenvalue weighted by molar-refractivity contribution is 7.80. The van der Waals surface area contributed by atoms with Gasteiger partial charge < -0.3 is 29.3 Å². The van der Waals surface area contributed by atoms with Crippen LogP contribution in [0.4, 0.5) is 5.69 Å². The largest absolute Gasteiger partial charge is 0.494 e. The Bertz CT molecular complexity index is 898. The zero-order valence-electron chi connectivity index (χ0n) is 16.9. The summed E-state index contributed by atoms with van der Waals surface area (Å²) in [5.41, 5.74) is 0.911. The number of benzene rings is 2. The van der Waals surface area contributed by atoms with Gasteiger partial charge in [-0.1, -0.05) is 12.1 Å². The second-order valence-corrected chi connectivity index (χ2v) is 7.45. The van der Waals surface area contributed by atoms with Crippen LogP contribution in [0.1, 0.15) is 6.92 Å². The number of carbonyl (C=O) groups is 1. The van der Waals surface area contributed by atoms with Crippen molar-refractivity contribution in [1.82, 2.24) is 9.80 Å². The number of rotatable bonds is 4. The Kier molecular flexibility index (Phi) is 6.23. The minimum atomic E-state index is -0.611. The average Bonchev–Trinajstić information content (AvgIpc) is 2.80. The molecule has 1 atom stereocenters. The Morgan fingerprint density at radius 2 is 1.73 bits per heavy atom. The lowest BCUT2D eigenvalue weighted by molar-refractivity contribution is -0.142. The maximum absolute atomic E-state index is 12.9. The molecule has 1 amide bonds. The summed E-state index contributed by atoms with van der Waals surface area (Å²) in [6, 6.07) is 15.1. The van der Waals surface area contributed by atoms with E-state index in [1.54, 1.807) is 0 Å². The third-order valence-electron chi connectivity index (χ3n) is 5.08. The molecule has 0 aliphatic carbocycles. The van der Waals surface area contributed by atoms with Crippen LogP contribution < -0.4 is 19.5 Å². The summed E-state index contributed by atoms with van der Waals surface area (Å²) in [5, 5.41) is 3.90. The molecule has 2 aromatic carbocycles. The topological polar surface area (TPSA) is 63.3 Å². The standard InChI is InChI=1S/C22H25N3O4S/c1-2-27-17-9-7-16(8-10-17)23-22(30)25-13-11-24(12-14-25)21(26)20-15-28-18-5-3-4-6-19(18)29-20/h3-10,20H,2,11-15H2,1H3,(H,23,30). The number of amides is 1. The maximum Gasteiger partial charge on any atom is 0.267 e. The molecule has 4 rings (SSSR count). The molecule has 0 radical (unpaired) electrons. The van der Waals surface area contributed by atoms with Crippen molar-refractivity contribution in [3.8, 4) is 17.2 Å². The number of hydrogen-bond donors (Lipinski definition) is 1. The van der Waals surface area contributed by atoms with Gasteiger partial charge in [0.15, 0.2) is 16.6 Å². The summed E-state index contributed by atoms with van der Waals surface area (Å²) >= 11 is 5.55. The van der Waals surface area contributed by atoms with Gasteiger partial charge in [0, 0.05) is 31.9 Å². The van der Waals surface area contributed by atoms with Crippen LogP contribution in [-0.4, -0.2) is 66.3 Å². The predicted molar refractivity (Wildman–Crippen MR) is 118 cm³/mol. The number of nitrogens with one attached hydrogen (secondary N) is 1. The molecule has 2 heterocycles. The molecule has 0 spiro atoms. The minimum absolute atomic E-state index is 0.0467. The molecule has 1 N–H and O–H groups in total. The first-order valence-corrected chi connectivity index (χ1v) is 10.5. The molecule has 0 saturated carbocycles. The van der Waals surface area contributed by atoms with E-state index in [0.717, 1.165) is 11.4 Å². The van der Waals surface area contributed by atoms with E-state index in [2.05, 4.69) is 10.2 Å². The molecule has 2 aromatic rings. The molecule has 1 fully saturated rings. The summed E-state index contributed by atoms with van der Waals surface area (Å²) in [7, 11) is 0. The summed E-state index contributed by atoms with van der Waals surface area (Å²) in [6.45, 7) is 5.33. The SMILES string of the molecule is CCOc1ccc(NC(=S)N2CCN(C(=O)C3COc4ccccc4O3)CC2)cc1. The Morgan fingerprint density at radius 3 is 2.43 bits per heavy atom. The molecule has 1 saturated heterocycles. The monoisotopic (exact) mass is 427 g/mol. The molecule has 0 bridgehead atoms. The zero-order chi connectivity index (χ0) is 20.9. The Balaban J connectivity index is 1.27. The fourth-order valence-corrected chi connectivity index (χ4v) is 3.78. The number of nitrogens with zero attached hydrogens (tertiary/aromatic N) is 2. The normalized spacial score (nSPS) is 18.0. The van der Waals surface area contributed by atoms with Crippen LogP contribution in [-0.2, 0) is 4.79 Å². The van der Waals surface area contributed by atoms with Crippen LogP contribution in [0.15, 0.2) is 48.5 Å². The van der Waals surface area contributed by atoms with Crippen molar-refractivity contribution in [2.45, 2.75) is 13.0 Å². The molecule has 30 heavy (non-hydrogen) atoms. The summed E-state index contributed by atoms with van der Waals surface area (Å²) in [5.74, 6) is 2.07. The number of ether oxygens (including phenoxy) is 3. The third kappa shape index (κ3) is 4.59. The van der Waals surface area contributed by atoms with Crippen LogP contribution in [0.5, 0.6) is 17.2 Å². The molecule has 7 nitrogen and oxygen atoms in total. The van der Waals surface area contributed by atoms with Crippen molar-refractivity contribution in [2.75, 3.05) is 44.7 Å². The lowest BCUT2D eigenvalue weighted by Crippen LogP contribution is -2.55. The second kappa shape index (κ2) is 9.21. The minimum Gasteiger partial charge on any atom is -0.494 e. The van der Waals surface area contributed by atoms with E-state index < -0.39 is 6.10 Å². The van der Waals surface area contributed by atoms with Gasteiger partial charge >= 0.3 is 0 Å². The van der Waals surface area contributed by atoms with E-state index in [4.69, 9.17) is 26.4 Å². The Hall–Kier alpha value is -3.00. The van der Waals surface area contributed by atoms with Gasteiger partial charge in [-0.25, -0.2) is 0 Å². The first kappa shape index (κ1) is 20.3. The smallest absolute Gasteiger partial charge is 0.267 e. The molecule has 0 aromatic heterocycles. The number of fused-ring (bicyclic) bond motifs is 1. The van der Waals surface area contributed by atoms with Crippen molar-refractivity contribution in [2.24, 2.45) is 0 Å². The van der Waals surface area contributed by atoms with E-state index in [-0.39, 0.29) is 12.5 Å². The highest BCUT2D eigenvalue weighted by Gasteiger charge is 2.33. The predicted octanol–water partition coefficient (Wildman–Crippen LogP) is 2.77. The first-order chi connectivity index (χ1) is 14.6. The number of thiocarbonyl (C=S) groups is 1. The number of hydrogen-bond acceptors (Lipinski definition) is 5. The summed E-state index contributed by atoms with van der Waals surface area (Å²) in [6.07, 6.45) is -0.611. The first-order valence-electron chi connectivity index (χ1n) is 10.1. The Morgan fingerprint density at radius 1 is 1.07 bits per heavy atom. The molecule has 2 aliphatic rings. The fraction of sp³-hybridized carbons (Fsp3) is 0.364. The van der Waals surface area contributed by atoms with E-state index in [0.29, 0.717) is 49.4 Å². The van der Waals surface area contributed by atoms with E-state index in [1.165, 1.54) is 0 Å². The van der Waals surface area contributed by atoms with Gasteiger partial charge in [-0.2, -0.15) is 0 Å². The number of anilines is 1. The van der Waals surface area contributed by atoms with Gasteiger partial charge in [0.05, 0.1) is 6.61 Å². The second-order valence-electron chi connectivity index (χ2n) is 7.06. The fourth-order valence-electron chi connectivity index (χ4n) is 3.48. The van der Waals surface area contributed by atoms with Crippen LogP contribution in [0, 0.1) is 0 Å². The van der Waals surface area contributed by atoms with Crippen molar-refractivity contribution in [1.29, 1.82) is 0 Å². The molecular formula is C22H25N3O4S. The molecule has 2 aliphatic heterocycles. The van der Waals surface area contributed by atoms with Gasteiger partial charge in [0.25, 0.3) is 5.91 Å². The third-order valence-corrected chi connectivity index (χ3v) is 5.44. The number of para-hydroxylation sites is 2. The van der Waals surface area contributed by atoms with Gasteiger partial charge in [-0.15, -0.1) is 0 Å². The van der Waals surface area contributed by atoms with Crippen LogP contribution in [0.2, 0.25) is 0 Å². The molecule has 1 unspecified atom stereocenters. The van der Waals surface area contributed by atoms with Crippen molar-refractivity contribution in [3.05, 3.63) is 48.5 Å². The van der Waals surface area contributed by atoms with Crippen molar-refractivity contribution in [3.63, 3.8) is 0 Å². The lowest BCUT2D eigenvalue weighted by Gasteiger charge is -2.38. The van der Waals surface area contributed by atoms with Crippen molar-refractivity contribution >= 4 is 28.9 Å². The zero-order valence-corrected chi connectivity index (χ0v) is 17.7. The molecular weight excluding hydrogens is 402 g/mol. The van der Waals surface area contributed by atoms with Crippen LogP contribution in [0.25, 0.3) is 0 Å². The molecule has 8 heteroatoms. The van der Waals surface area contributed by atoms with Gasteiger partial charge in [-0.05, 0) is 55.5 Å². The average molecular weight is 428 g/mol. The van der Waals surface area contributed by atoms with Crippen molar-refractivity contribution < 1.29 is 19.0 Å². The van der Waals surface area contributed by atoms with E-state index in [9.17, 15) is 4.79 Å². The van der Waals surface area contributed by atoms with Crippen LogP contribution >= 0.6 is 12.2 Å². The van der Waals surface area contributed by atoms with Gasteiger partial charge in [-0.3, -0.25) is 4.79 Å². The number of piperazine rings is 1. The highest BCUT2D eigenvalue weighted by Crippen LogP contribution is 2.31. The summed E-state index contributed by atoms with van der Waals surface area (Å²) < 4.78 is 17.0. The van der Waals surface area contributed by atoms with Gasteiger partial charge in [0.2, 0.25) is 6.10 Å². The Labute approximate surface area is 181 Å². The lowest BCUT2D eigenvalue weighted by atomic mass is 10.2. The quantitative estimate of drug-likeness (QED) is 0.753. The van der Waals surface area contributed by atoms with E-state index >= 15 is 0 Å². The number of carbonyl (C=O) groups excluding carboxylic acids is 1.